The highest BCUT2D eigenvalue weighted by Crippen LogP contribution is 2.37. The lowest BCUT2D eigenvalue weighted by molar-refractivity contribution is -0.135. The largest absolute Gasteiger partial charge is 0.456 e. The lowest BCUT2D eigenvalue weighted by Crippen LogP contribution is -2.49. The van der Waals surface area contributed by atoms with Crippen molar-refractivity contribution in [2.45, 2.75) is 64.3 Å². The molecule has 0 saturated heterocycles. The van der Waals surface area contributed by atoms with E-state index < -0.39 is 8.32 Å². The van der Waals surface area contributed by atoms with Crippen LogP contribution in [0.2, 0.25) is 18.1 Å². The molecule has 0 bridgehead atoms. The number of carbonyl (C=O) groups excluding carboxylic acids is 1. The van der Waals surface area contributed by atoms with Crippen LogP contribution in [0.3, 0.4) is 0 Å². The van der Waals surface area contributed by atoms with Gasteiger partial charge >= 0.3 is 5.97 Å². The highest BCUT2D eigenvalue weighted by atomic mass is 28.4. The molecule has 1 aromatic carbocycles. The predicted molar refractivity (Wildman–Crippen MR) is 116 cm³/mol. The normalized spacial score (nSPS) is 21.0. The summed E-state index contributed by atoms with van der Waals surface area (Å²) in [4.78, 5) is 14.5. The van der Waals surface area contributed by atoms with Crippen LogP contribution in [0.15, 0.2) is 53.8 Å². The predicted octanol–water partition coefficient (Wildman–Crippen LogP) is 4.69. The fraction of sp³-hybridized carbons (Fsp3) is 0.522. The number of hydrogen-bond acceptors (Lipinski definition) is 4. The molecule has 0 N–H and O–H groups in total. The van der Waals surface area contributed by atoms with Crippen LogP contribution in [0.25, 0.3) is 0 Å². The lowest BCUT2D eigenvalue weighted by Gasteiger charge is -2.43. The molecule has 0 spiro atoms. The monoisotopic (exact) mass is 399 g/mol. The van der Waals surface area contributed by atoms with E-state index in [0.717, 1.165) is 12.1 Å². The molecule has 1 unspecified atom stereocenters. The van der Waals surface area contributed by atoms with Crippen molar-refractivity contribution in [3.63, 3.8) is 0 Å². The molecule has 2 heterocycles. The molecule has 0 aromatic heterocycles. The van der Waals surface area contributed by atoms with Gasteiger partial charge in [0.1, 0.15) is 6.61 Å². The maximum atomic E-state index is 12.1. The zero-order valence-corrected chi connectivity index (χ0v) is 19.0. The van der Waals surface area contributed by atoms with Crippen LogP contribution in [-0.2, 0) is 20.4 Å². The smallest absolute Gasteiger partial charge is 0.340 e. The molecule has 0 aliphatic carbocycles. The van der Waals surface area contributed by atoms with Crippen molar-refractivity contribution in [1.82, 2.24) is 4.90 Å². The molecule has 2 aliphatic rings. The first-order valence-electron chi connectivity index (χ1n) is 10.1. The van der Waals surface area contributed by atoms with Crippen LogP contribution in [0, 0.1) is 0 Å². The van der Waals surface area contributed by atoms with Crippen molar-refractivity contribution < 1.29 is 14.0 Å². The SMILES string of the molecule is CC1C=CC2=C(COC2=O)N1[C@H](CO[Si](C)(C)C(C)(C)C)Cc1ccccc1. The molecule has 2 aliphatic heterocycles. The Kier molecular flexibility index (Phi) is 5.87. The molecule has 0 radical (unpaired) electrons. The van der Waals surface area contributed by atoms with Gasteiger partial charge in [-0.2, -0.15) is 0 Å². The van der Waals surface area contributed by atoms with E-state index >= 15 is 0 Å². The van der Waals surface area contributed by atoms with E-state index in [1.807, 2.05) is 12.1 Å². The summed E-state index contributed by atoms with van der Waals surface area (Å²) < 4.78 is 12.0. The molecule has 3 rings (SSSR count). The maximum Gasteiger partial charge on any atom is 0.340 e. The van der Waals surface area contributed by atoms with E-state index in [1.54, 1.807) is 0 Å². The number of benzene rings is 1. The van der Waals surface area contributed by atoms with Gasteiger partial charge < -0.3 is 14.1 Å². The third kappa shape index (κ3) is 4.25. The topological polar surface area (TPSA) is 38.8 Å². The molecule has 28 heavy (non-hydrogen) atoms. The second-order valence-corrected chi connectivity index (χ2v) is 14.2. The summed E-state index contributed by atoms with van der Waals surface area (Å²) in [6, 6.07) is 10.9. The highest BCUT2D eigenvalue weighted by Gasteiger charge is 2.40. The summed E-state index contributed by atoms with van der Waals surface area (Å²) in [7, 11) is -1.88. The fourth-order valence-electron chi connectivity index (χ4n) is 3.56. The van der Waals surface area contributed by atoms with E-state index in [9.17, 15) is 4.79 Å². The van der Waals surface area contributed by atoms with E-state index in [0.29, 0.717) is 18.8 Å². The number of esters is 1. The number of rotatable bonds is 6. The first kappa shape index (κ1) is 20.9. The Morgan fingerprint density at radius 2 is 1.93 bits per heavy atom. The van der Waals surface area contributed by atoms with Gasteiger partial charge in [0, 0.05) is 6.04 Å². The second kappa shape index (κ2) is 7.88. The van der Waals surface area contributed by atoms with Crippen LogP contribution in [0.1, 0.15) is 33.3 Å². The molecule has 1 aromatic rings. The number of nitrogens with zero attached hydrogens (tertiary/aromatic N) is 1. The van der Waals surface area contributed by atoms with Gasteiger partial charge in [-0.1, -0.05) is 57.2 Å². The Hall–Kier alpha value is -1.85. The molecule has 0 fully saturated rings. The molecule has 0 saturated carbocycles. The summed E-state index contributed by atoms with van der Waals surface area (Å²) in [5.74, 6) is -0.216. The van der Waals surface area contributed by atoms with Crippen LogP contribution in [0.4, 0.5) is 0 Å². The van der Waals surface area contributed by atoms with E-state index in [1.165, 1.54) is 5.56 Å². The molecule has 5 heteroatoms. The van der Waals surface area contributed by atoms with Gasteiger partial charge in [-0.15, -0.1) is 0 Å². The standard InChI is InChI=1S/C23H33NO3Si/c1-17-12-13-20-21(16-26-22(20)25)24(17)19(14-18-10-8-7-9-11-18)15-27-28(5,6)23(2,3)4/h7-13,17,19H,14-16H2,1-6H3/t17?,19-/m0/s1. The summed E-state index contributed by atoms with van der Waals surface area (Å²) >= 11 is 0. The van der Waals surface area contributed by atoms with Crippen molar-refractivity contribution in [3.8, 4) is 0 Å². The van der Waals surface area contributed by atoms with E-state index in [2.05, 4.69) is 76.0 Å². The molecular formula is C23H33NO3Si. The zero-order valence-electron chi connectivity index (χ0n) is 18.0. The van der Waals surface area contributed by atoms with Gasteiger partial charge in [0.25, 0.3) is 0 Å². The quantitative estimate of drug-likeness (QED) is 0.514. The van der Waals surface area contributed by atoms with Crippen molar-refractivity contribution in [3.05, 3.63) is 59.3 Å². The van der Waals surface area contributed by atoms with Crippen LogP contribution >= 0.6 is 0 Å². The van der Waals surface area contributed by atoms with Gasteiger partial charge in [0.15, 0.2) is 8.32 Å². The molecule has 152 valence electrons. The fourth-order valence-corrected chi connectivity index (χ4v) is 4.60. The summed E-state index contributed by atoms with van der Waals surface area (Å²) in [5, 5.41) is 0.161. The van der Waals surface area contributed by atoms with E-state index in [-0.39, 0.29) is 23.1 Å². The summed E-state index contributed by atoms with van der Waals surface area (Å²) in [5.41, 5.74) is 2.98. The van der Waals surface area contributed by atoms with Gasteiger partial charge in [0.05, 0.1) is 23.9 Å². The van der Waals surface area contributed by atoms with E-state index in [4.69, 9.17) is 9.16 Å². The second-order valence-electron chi connectivity index (χ2n) is 9.36. The molecule has 4 nitrogen and oxygen atoms in total. The molecular weight excluding hydrogens is 366 g/mol. The average molecular weight is 400 g/mol. The zero-order chi connectivity index (χ0) is 20.5. The van der Waals surface area contributed by atoms with Crippen molar-refractivity contribution in [2.75, 3.05) is 13.2 Å². The minimum absolute atomic E-state index is 0.149. The van der Waals surface area contributed by atoms with Crippen molar-refractivity contribution in [2.24, 2.45) is 0 Å². The Labute approximate surface area is 170 Å². The Morgan fingerprint density at radius 1 is 1.25 bits per heavy atom. The Balaban J connectivity index is 1.89. The van der Waals surface area contributed by atoms with Crippen molar-refractivity contribution >= 4 is 14.3 Å². The third-order valence-electron chi connectivity index (χ3n) is 6.31. The Bertz CT molecular complexity index is 777. The summed E-state index contributed by atoms with van der Waals surface area (Å²) in [6.07, 6.45) is 4.88. The lowest BCUT2D eigenvalue weighted by atomic mass is 9.99. The first-order valence-corrected chi connectivity index (χ1v) is 13.1. The van der Waals surface area contributed by atoms with Gasteiger partial charge in [-0.25, -0.2) is 4.79 Å². The number of cyclic esters (lactones) is 1. The third-order valence-corrected chi connectivity index (χ3v) is 10.8. The first-order chi connectivity index (χ1) is 13.1. The van der Waals surface area contributed by atoms with Crippen LogP contribution in [0.5, 0.6) is 0 Å². The minimum atomic E-state index is -1.88. The van der Waals surface area contributed by atoms with Gasteiger partial charge in [-0.3, -0.25) is 0 Å². The number of hydrogen-bond donors (Lipinski definition) is 0. The van der Waals surface area contributed by atoms with Gasteiger partial charge in [-0.05, 0) is 43.1 Å². The number of ether oxygens (including phenoxy) is 1. The molecule has 0 amide bonds. The maximum absolute atomic E-state index is 12.1. The number of carbonyl (C=O) groups is 1. The highest BCUT2D eigenvalue weighted by molar-refractivity contribution is 6.74. The van der Waals surface area contributed by atoms with Crippen LogP contribution < -0.4 is 0 Å². The molecule has 2 atom stereocenters. The van der Waals surface area contributed by atoms with Gasteiger partial charge in [0.2, 0.25) is 0 Å². The Morgan fingerprint density at radius 3 is 2.57 bits per heavy atom. The van der Waals surface area contributed by atoms with Crippen LogP contribution in [-0.4, -0.2) is 44.5 Å². The average Bonchev–Trinajstić information content (AvgIpc) is 3.00. The van der Waals surface area contributed by atoms with Crippen molar-refractivity contribution in [1.29, 1.82) is 0 Å². The minimum Gasteiger partial charge on any atom is -0.456 e. The summed E-state index contributed by atoms with van der Waals surface area (Å²) in [6.45, 7) is 14.6.